The number of allylic oxidation sites excluding steroid dienone is 1. The van der Waals surface area contributed by atoms with Crippen LogP contribution in [0, 0.1) is 5.92 Å². The highest BCUT2D eigenvalue weighted by molar-refractivity contribution is 5.55. The molecule has 0 fully saturated rings. The molecule has 0 saturated heterocycles. The van der Waals surface area contributed by atoms with Crippen molar-refractivity contribution in [2.24, 2.45) is 22.7 Å². The lowest BCUT2D eigenvalue weighted by Crippen LogP contribution is -2.38. The zero-order valence-corrected chi connectivity index (χ0v) is 20.3. The molecule has 178 valence electrons. The van der Waals surface area contributed by atoms with Crippen molar-refractivity contribution in [2.45, 2.75) is 96.5 Å². The number of rotatable bonds is 10. The van der Waals surface area contributed by atoms with Crippen molar-refractivity contribution in [3.05, 3.63) is 34.9 Å². The molecule has 1 aliphatic carbocycles. The summed E-state index contributed by atoms with van der Waals surface area (Å²) in [6, 6.07) is 4.21. The molecule has 0 spiro atoms. The first-order valence-corrected chi connectivity index (χ1v) is 12.3. The van der Waals surface area contributed by atoms with E-state index in [2.05, 4.69) is 44.9 Å². The molecule has 3 unspecified atom stereocenters. The maximum Gasteiger partial charge on any atom is 0.127 e. The Hall–Kier alpha value is -2.21. The molecule has 0 bridgehead atoms. The smallest absolute Gasteiger partial charge is 0.127 e. The molecule has 0 radical (unpaired) electrons. The van der Waals surface area contributed by atoms with Crippen molar-refractivity contribution in [1.29, 1.82) is 0 Å². The molecule has 0 amide bonds. The standard InChI is InChI=1S/C26H42N4O2/c1-5-7-8-9-12-26(4,6-2)20-14-23(31)25-22-13-19(16-30(28)17-29-27)10-11-21(22)18(3)32-24(25)15-20/h10,14-15,17-18,21-22,31H,5-9,11-13,16,27-28H2,1-4H3/b29-17-/t18?,21?,22-,26?/m0/s1. The highest BCUT2D eigenvalue weighted by Gasteiger charge is 2.40. The van der Waals surface area contributed by atoms with Crippen molar-refractivity contribution >= 4 is 6.34 Å². The van der Waals surface area contributed by atoms with Gasteiger partial charge in [-0.2, -0.15) is 5.10 Å². The van der Waals surface area contributed by atoms with Gasteiger partial charge in [-0.05, 0) is 55.7 Å². The van der Waals surface area contributed by atoms with Crippen LogP contribution in [0.3, 0.4) is 0 Å². The Labute approximate surface area is 193 Å². The highest BCUT2D eigenvalue weighted by Crippen LogP contribution is 2.52. The Bertz CT molecular complexity index is 837. The molecule has 1 aromatic rings. The van der Waals surface area contributed by atoms with Crippen LogP contribution in [0.5, 0.6) is 11.5 Å². The Balaban J connectivity index is 1.87. The second-order valence-electron chi connectivity index (χ2n) is 9.96. The number of unbranched alkanes of at least 4 members (excludes halogenated alkanes) is 3. The monoisotopic (exact) mass is 442 g/mol. The normalized spacial score (nSPS) is 24.3. The third kappa shape index (κ3) is 5.22. The molecule has 6 nitrogen and oxygen atoms in total. The minimum absolute atomic E-state index is 0.0446. The van der Waals surface area contributed by atoms with E-state index in [0.29, 0.717) is 18.2 Å². The number of aromatic hydroxyl groups is 1. The predicted molar refractivity (Wildman–Crippen MR) is 132 cm³/mol. The summed E-state index contributed by atoms with van der Waals surface area (Å²) >= 11 is 0. The fourth-order valence-electron chi connectivity index (χ4n) is 5.49. The number of benzene rings is 1. The molecule has 0 saturated carbocycles. The van der Waals surface area contributed by atoms with Crippen LogP contribution in [0.2, 0.25) is 0 Å². The van der Waals surface area contributed by atoms with Gasteiger partial charge in [0.1, 0.15) is 17.8 Å². The van der Waals surface area contributed by atoms with Crippen molar-refractivity contribution in [3.63, 3.8) is 0 Å². The minimum Gasteiger partial charge on any atom is -0.508 e. The van der Waals surface area contributed by atoms with Gasteiger partial charge >= 0.3 is 0 Å². The molecule has 2 aliphatic rings. The van der Waals surface area contributed by atoms with Crippen LogP contribution < -0.4 is 16.4 Å². The molecule has 4 atom stereocenters. The van der Waals surface area contributed by atoms with Gasteiger partial charge in [0.15, 0.2) is 0 Å². The average molecular weight is 443 g/mol. The average Bonchev–Trinajstić information content (AvgIpc) is 2.76. The number of fused-ring (bicyclic) bond motifs is 3. The number of nitrogens with zero attached hydrogens (tertiary/aromatic N) is 2. The van der Waals surface area contributed by atoms with Gasteiger partial charge in [0.25, 0.3) is 0 Å². The van der Waals surface area contributed by atoms with E-state index in [9.17, 15) is 5.11 Å². The number of phenolic OH excluding ortho intramolecular Hbond substituents is 1. The predicted octanol–water partition coefficient (Wildman–Crippen LogP) is 5.31. The van der Waals surface area contributed by atoms with E-state index >= 15 is 0 Å². The van der Waals surface area contributed by atoms with Crippen molar-refractivity contribution < 1.29 is 9.84 Å². The summed E-state index contributed by atoms with van der Waals surface area (Å²) in [5, 5.41) is 16.2. The molecule has 1 heterocycles. The van der Waals surface area contributed by atoms with Crippen LogP contribution in [0.25, 0.3) is 0 Å². The Kier molecular flexibility index (Phi) is 8.10. The zero-order valence-electron chi connectivity index (χ0n) is 20.3. The molecule has 1 aliphatic heterocycles. The van der Waals surface area contributed by atoms with E-state index in [4.69, 9.17) is 16.4 Å². The summed E-state index contributed by atoms with van der Waals surface area (Å²) in [6.07, 6.45) is 12.8. The first-order valence-electron chi connectivity index (χ1n) is 12.3. The van der Waals surface area contributed by atoms with Gasteiger partial charge in [-0.1, -0.05) is 58.1 Å². The summed E-state index contributed by atoms with van der Waals surface area (Å²) < 4.78 is 6.40. The zero-order chi connectivity index (χ0) is 23.3. The SMILES string of the molecule is CCCCCCC(C)(CC)c1cc(O)c2c(c1)OC(C)C1CC=C(CN(N)/C=N\N)C[C@H]21. The van der Waals surface area contributed by atoms with Gasteiger partial charge in [-0.25, -0.2) is 5.84 Å². The topological polar surface area (TPSA) is 97.1 Å². The van der Waals surface area contributed by atoms with Crippen molar-refractivity contribution in [3.8, 4) is 11.5 Å². The van der Waals surface area contributed by atoms with Gasteiger partial charge in [0.05, 0.1) is 12.6 Å². The van der Waals surface area contributed by atoms with Gasteiger partial charge in [0.2, 0.25) is 0 Å². The van der Waals surface area contributed by atoms with Crippen LogP contribution >= 0.6 is 0 Å². The fraction of sp³-hybridized carbons (Fsp3) is 0.654. The molecule has 5 N–H and O–H groups in total. The lowest BCUT2D eigenvalue weighted by molar-refractivity contribution is 0.101. The maximum absolute atomic E-state index is 11.2. The summed E-state index contributed by atoms with van der Waals surface area (Å²) in [5.41, 5.74) is 3.44. The first-order chi connectivity index (χ1) is 15.3. The molecule has 0 aromatic heterocycles. The van der Waals surface area contributed by atoms with E-state index in [-0.39, 0.29) is 17.4 Å². The Morgan fingerprint density at radius 2 is 2.06 bits per heavy atom. The Morgan fingerprint density at radius 1 is 1.28 bits per heavy atom. The number of hydrogen-bond donors (Lipinski definition) is 3. The summed E-state index contributed by atoms with van der Waals surface area (Å²) in [6.45, 7) is 9.56. The molecular formula is C26H42N4O2. The highest BCUT2D eigenvalue weighted by atomic mass is 16.5. The quantitative estimate of drug-likeness (QED) is 0.114. The van der Waals surface area contributed by atoms with Crippen LogP contribution in [0.1, 0.15) is 96.1 Å². The molecular weight excluding hydrogens is 400 g/mol. The lowest BCUT2D eigenvalue weighted by atomic mass is 9.70. The molecule has 1 aromatic carbocycles. The number of hydrogen-bond acceptors (Lipinski definition) is 5. The van der Waals surface area contributed by atoms with E-state index in [1.54, 1.807) is 0 Å². The van der Waals surface area contributed by atoms with Gasteiger partial charge in [-0.3, -0.25) is 5.01 Å². The van der Waals surface area contributed by atoms with E-state index in [0.717, 1.165) is 37.0 Å². The van der Waals surface area contributed by atoms with Crippen LogP contribution in [-0.4, -0.2) is 29.1 Å². The second-order valence-corrected chi connectivity index (χ2v) is 9.96. The van der Waals surface area contributed by atoms with E-state index in [1.165, 1.54) is 48.2 Å². The molecule has 32 heavy (non-hydrogen) atoms. The number of ether oxygens (including phenoxy) is 1. The van der Waals surface area contributed by atoms with Gasteiger partial charge in [0, 0.05) is 17.4 Å². The summed E-state index contributed by atoms with van der Waals surface area (Å²) in [4.78, 5) is 0. The lowest BCUT2D eigenvalue weighted by Gasteiger charge is -2.42. The number of nitrogens with two attached hydrogens (primary N) is 2. The molecule has 6 heteroatoms. The summed E-state index contributed by atoms with van der Waals surface area (Å²) in [5.74, 6) is 13.0. The van der Waals surface area contributed by atoms with Crippen molar-refractivity contribution in [1.82, 2.24) is 5.01 Å². The number of hydrazine groups is 1. The van der Waals surface area contributed by atoms with E-state index in [1.807, 2.05) is 6.07 Å². The van der Waals surface area contributed by atoms with E-state index < -0.39 is 0 Å². The molecule has 3 rings (SSSR count). The Morgan fingerprint density at radius 3 is 2.75 bits per heavy atom. The fourth-order valence-corrected chi connectivity index (χ4v) is 5.49. The second kappa shape index (κ2) is 10.6. The largest absolute Gasteiger partial charge is 0.508 e. The number of phenols is 1. The third-order valence-electron chi connectivity index (χ3n) is 7.74. The van der Waals surface area contributed by atoms with Gasteiger partial charge < -0.3 is 15.7 Å². The van der Waals surface area contributed by atoms with Crippen LogP contribution in [-0.2, 0) is 5.41 Å². The van der Waals surface area contributed by atoms with Crippen molar-refractivity contribution in [2.75, 3.05) is 6.54 Å². The third-order valence-corrected chi connectivity index (χ3v) is 7.74. The number of hydrazone groups is 1. The minimum atomic E-state index is 0.0446. The van der Waals surface area contributed by atoms with Crippen LogP contribution in [0.15, 0.2) is 28.9 Å². The van der Waals surface area contributed by atoms with Gasteiger partial charge in [-0.15, -0.1) is 0 Å². The van der Waals surface area contributed by atoms with Crippen LogP contribution in [0.4, 0.5) is 0 Å². The first kappa shape index (κ1) is 24.4. The maximum atomic E-state index is 11.2. The summed E-state index contributed by atoms with van der Waals surface area (Å²) in [7, 11) is 0.